The Morgan fingerprint density at radius 1 is 1.52 bits per heavy atom. The van der Waals surface area contributed by atoms with Crippen LogP contribution in [-0.4, -0.2) is 43.3 Å². The lowest BCUT2D eigenvalue weighted by molar-refractivity contribution is -0.0226. The SMILES string of the molecule is Cn1cc([C@H]2C[C@H](OP(=O)(O)O)[C@@H](CO)O2)c(=O)[nH]c1=O. The molecule has 1 aliphatic heterocycles. The number of phosphoric ester groups is 1. The van der Waals surface area contributed by atoms with E-state index in [4.69, 9.17) is 19.6 Å². The number of hydrogen-bond acceptors (Lipinski definition) is 6. The van der Waals surface area contributed by atoms with Crippen LogP contribution in [-0.2, 0) is 20.9 Å². The highest BCUT2D eigenvalue weighted by Crippen LogP contribution is 2.44. The summed E-state index contributed by atoms with van der Waals surface area (Å²) >= 11 is 0. The molecule has 11 heteroatoms. The maximum atomic E-state index is 11.8. The second kappa shape index (κ2) is 5.84. The molecule has 0 aromatic carbocycles. The maximum Gasteiger partial charge on any atom is 0.469 e. The van der Waals surface area contributed by atoms with Crippen LogP contribution in [0.2, 0.25) is 0 Å². The van der Waals surface area contributed by atoms with Crippen LogP contribution in [0.1, 0.15) is 18.1 Å². The van der Waals surface area contributed by atoms with E-state index in [9.17, 15) is 14.2 Å². The van der Waals surface area contributed by atoms with Gasteiger partial charge in [0.2, 0.25) is 0 Å². The number of aliphatic hydroxyl groups is 1. The molecule has 2 heterocycles. The quantitative estimate of drug-likeness (QED) is 0.482. The number of H-pyrrole nitrogens is 1. The second-order valence-corrected chi connectivity index (χ2v) is 5.86. The minimum absolute atomic E-state index is 0.0301. The molecule has 0 spiro atoms. The predicted octanol–water partition coefficient (Wildman–Crippen LogP) is -1.63. The van der Waals surface area contributed by atoms with Gasteiger partial charge in [-0.2, -0.15) is 0 Å². The number of aryl methyl sites for hydroxylation is 1. The van der Waals surface area contributed by atoms with Crippen LogP contribution in [0, 0.1) is 0 Å². The standard InChI is InChI=1S/C10H15N2O8P/c1-12-3-5(9(14)11-10(12)15)6-2-7(8(4-13)19-6)20-21(16,17)18/h3,6-8,13H,2,4H2,1H3,(H,11,14,15)(H2,16,17,18)/t6-,7+,8-/m1/s1. The third-order valence-electron chi connectivity index (χ3n) is 3.14. The van der Waals surface area contributed by atoms with Crippen molar-refractivity contribution >= 4 is 7.82 Å². The summed E-state index contributed by atoms with van der Waals surface area (Å²) in [5, 5.41) is 9.17. The van der Waals surface area contributed by atoms with Gasteiger partial charge in [-0.3, -0.25) is 14.3 Å². The van der Waals surface area contributed by atoms with Gasteiger partial charge in [-0.15, -0.1) is 0 Å². The summed E-state index contributed by atoms with van der Waals surface area (Å²) in [5.74, 6) is 0. The highest BCUT2D eigenvalue weighted by Gasteiger charge is 2.41. The molecular weight excluding hydrogens is 307 g/mol. The molecule has 1 aromatic heterocycles. The molecule has 1 aromatic rings. The molecule has 4 N–H and O–H groups in total. The molecule has 0 saturated carbocycles. The number of phosphoric acid groups is 1. The number of nitrogens with one attached hydrogen (secondary N) is 1. The number of nitrogens with zero attached hydrogens (tertiary/aromatic N) is 1. The van der Waals surface area contributed by atoms with Crippen LogP contribution >= 0.6 is 7.82 Å². The van der Waals surface area contributed by atoms with Gasteiger partial charge in [0, 0.05) is 19.7 Å². The van der Waals surface area contributed by atoms with E-state index in [2.05, 4.69) is 9.51 Å². The normalized spacial score (nSPS) is 26.2. The molecule has 3 atom stereocenters. The Kier molecular flexibility index (Phi) is 4.47. The molecule has 118 valence electrons. The minimum atomic E-state index is -4.74. The summed E-state index contributed by atoms with van der Waals surface area (Å²) in [7, 11) is -3.31. The molecule has 0 radical (unpaired) electrons. The molecule has 1 aliphatic rings. The van der Waals surface area contributed by atoms with E-state index in [0.29, 0.717) is 0 Å². The van der Waals surface area contributed by atoms with Gasteiger partial charge in [-0.05, 0) is 0 Å². The number of rotatable bonds is 4. The molecular formula is C10H15N2O8P. The summed E-state index contributed by atoms with van der Waals surface area (Å²) in [6.45, 7) is -0.523. The molecule has 21 heavy (non-hydrogen) atoms. The van der Waals surface area contributed by atoms with Gasteiger partial charge in [0.15, 0.2) is 0 Å². The maximum absolute atomic E-state index is 11.8. The van der Waals surface area contributed by atoms with E-state index in [1.807, 2.05) is 0 Å². The topological polar surface area (TPSA) is 151 Å². The van der Waals surface area contributed by atoms with Crippen LogP contribution in [0.25, 0.3) is 0 Å². The largest absolute Gasteiger partial charge is 0.469 e. The van der Waals surface area contributed by atoms with Gasteiger partial charge in [-0.1, -0.05) is 0 Å². The molecule has 0 unspecified atom stereocenters. The zero-order valence-corrected chi connectivity index (χ0v) is 11.9. The molecule has 0 aliphatic carbocycles. The summed E-state index contributed by atoms with van der Waals surface area (Å²) in [6.07, 6.45) is -1.62. The van der Waals surface area contributed by atoms with Crippen LogP contribution in [0.3, 0.4) is 0 Å². The van der Waals surface area contributed by atoms with E-state index in [0.717, 1.165) is 4.57 Å². The Morgan fingerprint density at radius 2 is 2.19 bits per heavy atom. The van der Waals surface area contributed by atoms with Gasteiger partial charge in [-0.25, -0.2) is 9.36 Å². The zero-order chi connectivity index (χ0) is 15.8. The lowest BCUT2D eigenvalue weighted by Crippen LogP contribution is -2.31. The van der Waals surface area contributed by atoms with Crippen molar-refractivity contribution in [2.75, 3.05) is 6.61 Å². The fourth-order valence-corrected chi connectivity index (χ4v) is 2.75. The molecule has 1 fully saturated rings. The zero-order valence-electron chi connectivity index (χ0n) is 11.0. The van der Waals surface area contributed by atoms with Crippen molar-refractivity contribution in [3.63, 3.8) is 0 Å². The minimum Gasteiger partial charge on any atom is -0.394 e. The Balaban J connectivity index is 2.27. The van der Waals surface area contributed by atoms with Gasteiger partial charge < -0.3 is 24.2 Å². The first kappa shape index (κ1) is 16.1. The van der Waals surface area contributed by atoms with Crippen molar-refractivity contribution in [1.82, 2.24) is 9.55 Å². The van der Waals surface area contributed by atoms with E-state index in [1.54, 1.807) is 0 Å². The smallest absolute Gasteiger partial charge is 0.394 e. The van der Waals surface area contributed by atoms with Crippen molar-refractivity contribution in [2.45, 2.75) is 24.7 Å². The van der Waals surface area contributed by atoms with Gasteiger partial charge in [0.1, 0.15) is 12.2 Å². The first-order chi connectivity index (χ1) is 9.71. The van der Waals surface area contributed by atoms with Crippen molar-refractivity contribution in [2.24, 2.45) is 7.05 Å². The Morgan fingerprint density at radius 3 is 2.76 bits per heavy atom. The lowest BCUT2D eigenvalue weighted by atomic mass is 10.1. The monoisotopic (exact) mass is 322 g/mol. The first-order valence-electron chi connectivity index (χ1n) is 6.01. The number of ether oxygens (including phenoxy) is 1. The van der Waals surface area contributed by atoms with E-state index >= 15 is 0 Å². The lowest BCUT2D eigenvalue weighted by Gasteiger charge is -2.16. The summed E-state index contributed by atoms with van der Waals surface area (Å²) in [5.41, 5.74) is -1.13. The van der Waals surface area contributed by atoms with Gasteiger partial charge in [0.05, 0.1) is 18.3 Å². The third kappa shape index (κ3) is 3.67. The molecule has 10 nitrogen and oxygen atoms in total. The Hall–Kier alpha value is -1.29. The number of aromatic nitrogens is 2. The highest BCUT2D eigenvalue weighted by atomic mass is 31.2. The molecule has 0 amide bonds. The molecule has 0 bridgehead atoms. The van der Waals surface area contributed by atoms with E-state index in [-0.39, 0.29) is 12.0 Å². The number of hydrogen-bond donors (Lipinski definition) is 4. The third-order valence-corrected chi connectivity index (χ3v) is 3.68. The van der Waals surface area contributed by atoms with Crippen LogP contribution in [0.15, 0.2) is 15.8 Å². The van der Waals surface area contributed by atoms with Crippen LogP contribution in [0.4, 0.5) is 0 Å². The Bertz CT molecular complexity index is 676. The predicted molar refractivity (Wildman–Crippen MR) is 68.5 cm³/mol. The van der Waals surface area contributed by atoms with E-state index in [1.165, 1.54) is 13.2 Å². The summed E-state index contributed by atoms with van der Waals surface area (Å²) in [4.78, 5) is 42.8. The van der Waals surface area contributed by atoms with Crippen LogP contribution < -0.4 is 11.2 Å². The second-order valence-electron chi connectivity index (χ2n) is 4.67. The van der Waals surface area contributed by atoms with Crippen molar-refractivity contribution in [3.8, 4) is 0 Å². The summed E-state index contributed by atoms with van der Waals surface area (Å²) < 4.78 is 21.9. The average molecular weight is 322 g/mol. The van der Waals surface area contributed by atoms with Gasteiger partial charge in [0.25, 0.3) is 5.56 Å². The van der Waals surface area contributed by atoms with Crippen molar-refractivity contribution in [3.05, 3.63) is 32.6 Å². The fraction of sp³-hybridized carbons (Fsp3) is 0.600. The summed E-state index contributed by atoms with van der Waals surface area (Å²) in [6, 6.07) is 0. The molecule has 2 rings (SSSR count). The average Bonchev–Trinajstić information content (AvgIpc) is 2.74. The van der Waals surface area contributed by atoms with Crippen molar-refractivity contribution < 1.29 is 28.7 Å². The fourth-order valence-electron chi connectivity index (χ4n) is 2.18. The molecule has 1 saturated heterocycles. The Labute approximate surface area is 118 Å². The number of aromatic amines is 1. The number of aliphatic hydroxyl groups excluding tert-OH is 1. The van der Waals surface area contributed by atoms with Crippen LogP contribution in [0.5, 0.6) is 0 Å². The van der Waals surface area contributed by atoms with E-state index < -0.39 is 44.0 Å². The van der Waals surface area contributed by atoms with Crippen molar-refractivity contribution in [1.29, 1.82) is 0 Å². The highest BCUT2D eigenvalue weighted by molar-refractivity contribution is 7.46. The first-order valence-corrected chi connectivity index (χ1v) is 7.54. The van der Waals surface area contributed by atoms with Gasteiger partial charge >= 0.3 is 13.5 Å².